The van der Waals surface area contributed by atoms with Crippen LogP contribution in [0.2, 0.25) is 0 Å². The van der Waals surface area contributed by atoms with E-state index in [1.165, 1.54) is 5.56 Å². The first-order valence-corrected chi connectivity index (χ1v) is 7.45. The average molecular weight is 335 g/mol. The van der Waals surface area contributed by atoms with Crippen molar-refractivity contribution in [3.8, 4) is 5.75 Å². The van der Waals surface area contributed by atoms with E-state index in [9.17, 15) is 0 Å². The maximum Gasteiger partial charge on any atom is 0.119 e. The van der Waals surface area contributed by atoms with Gasteiger partial charge in [-0.25, -0.2) is 4.98 Å². The summed E-state index contributed by atoms with van der Waals surface area (Å²) < 4.78 is 6.51. The summed E-state index contributed by atoms with van der Waals surface area (Å²) >= 11 is 3.40. The number of anilines is 1. The maximum atomic E-state index is 5.63. The van der Waals surface area contributed by atoms with Gasteiger partial charge in [-0.3, -0.25) is 0 Å². The molecule has 1 heterocycles. The van der Waals surface area contributed by atoms with Crippen molar-refractivity contribution >= 4 is 21.6 Å². The molecule has 2 rings (SSSR count). The number of rotatable bonds is 5. The number of nitrogens with zero attached hydrogens (tertiary/aromatic N) is 1. The Morgan fingerprint density at radius 3 is 2.55 bits per heavy atom. The molecule has 0 atom stereocenters. The molecule has 1 aromatic heterocycles. The van der Waals surface area contributed by atoms with Gasteiger partial charge in [-0.15, -0.1) is 0 Å². The second kappa shape index (κ2) is 6.75. The van der Waals surface area contributed by atoms with Crippen LogP contribution < -0.4 is 10.1 Å². The van der Waals surface area contributed by atoms with E-state index in [0.717, 1.165) is 28.1 Å². The van der Waals surface area contributed by atoms with E-state index in [-0.39, 0.29) is 6.10 Å². The molecule has 0 unspecified atom stereocenters. The van der Waals surface area contributed by atoms with Crippen molar-refractivity contribution in [3.63, 3.8) is 0 Å². The summed E-state index contributed by atoms with van der Waals surface area (Å²) in [6.07, 6.45) is 2.03. The largest absolute Gasteiger partial charge is 0.491 e. The van der Waals surface area contributed by atoms with Crippen molar-refractivity contribution < 1.29 is 4.74 Å². The third kappa shape index (κ3) is 4.23. The third-order valence-corrected chi connectivity index (χ3v) is 3.64. The van der Waals surface area contributed by atoms with Crippen LogP contribution in [-0.4, -0.2) is 11.1 Å². The normalized spacial score (nSPS) is 10.7. The lowest BCUT2D eigenvalue weighted by molar-refractivity contribution is 0.242. The molecule has 4 heteroatoms. The van der Waals surface area contributed by atoms with E-state index in [0.29, 0.717) is 0 Å². The number of benzene rings is 1. The highest BCUT2D eigenvalue weighted by atomic mass is 79.9. The predicted molar refractivity (Wildman–Crippen MR) is 86.2 cm³/mol. The molecule has 1 N–H and O–H groups in total. The van der Waals surface area contributed by atoms with E-state index in [1.54, 1.807) is 0 Å². The van der Waals surface area contributed by atoms with Gasteiger partial charge < -0.3 is 10.1 Å². The lowest BCUT2D eigenvalue weighted by Crippen LogP contribution is -2.05. The summed E-state index contributed by atoms with van der Waals surface area (Å²) in [7, 11) is 0. The molecule has 106 valence electrons. The number of aromatic nitrogens is 1. The molecule has 20 heavy (non-hydrogen) atoms. The molecule has 0 aliphatic rings. The fourth-order valence-corrected chi connectivity index (χ4v) is 2.03. The lowest BCUT2D eigenvalue weighted by atomic mass is 10.2. The summed E-state index contributed by atoms with van der Waals surface area (Å²) in [5.41, 5.74) is 3.35. The molecule has 1 aromatic carbocycles. The number of aryl methyl sites for hydroxylation is 1. The van der Waals surface area contributed by atoms with Crippen molar-refractivity contribution in [3.05, 3.63) is 52.3 Å². The van der Waals surface area contributed by atoms with E-state index in [2.05, 4.69) is 44.4 Å². The van der Waals surface area contributed by atoms with Crippen LogP contribution in [0.3, 0.4) is 0 Å². The minimum atomic E-state index is 0.204. The predicted octanol–water partition coefficient (Wildman–Crippen LogP) is 4.55. The van der Waals surface area contributed by atoms with Crippen LogP contribution in [0.25, 0.3) is 0 Å². The van der Waals surface area contributed by atoms with E-state index in [4.69, 9.17) is 4.74 Å². The first-order valence-electron chi connectivity index (χ1n) is 6.66. The Bertz CT molecular complexity index is 567. The van der Waals surface area contributed by atoms with E-state index < -0.39 is 0 Å². The number of hydrogen-bond acceptors (Lipinski definition) is 3. The van der Waals surface area contributed by atoms with Crippen molar-refractivity contribution in [1.82, 2.24) is 4.98 Å². The van der Waals surface area contributed by atoms with Gasteiger partial charge in [0.1, 0.15) is 10.4 Å². The van der Waals surface area contributed by atoms with Gasteiger partial charge in [0.2, 0.25) is 0 Å². The fraction of sp³-hybridized carbons (Fsp3) is 0.312. The quantitative estimate of drug-likeness (QED) is 0.814. The molecule has 0 radical (unpaired) electrons. The van der Waals surface area contributed by atoms with Crippen LogP contribution in [0.4, 0.5) is 5.69 Å². The SMILES string of the molecule is Cc1cc(NCc2ccc(OC(C)C)cc2)cnc1Br. The van der Waals surface area contributed by atoms with Gasteiger partial charge in [0.25, 0.3) is 0 Å². The van der Waals surface area contributed by atoms with Crippen LogP contribution in [0.5, 0.6) is 5.75 Å². The molecule has 0 spiro atoms. The molecular weight excluding hydrogens is 316 g/mol. The Labute approximate surface area is 128 Å². The van der Waals surface area contributed by atoms with Gasteiger partial charge in [0, 0.05) is 6.54 Å². The molecule has 0 amide bonds. The monoisotopic (exact) mass is 334 g/mol. The summed E-state index contributed by atoms with van der Waals surface area (Å²) in [5.74, 6) is 0.907. The molecule has 0 fully saturated rings. The second-order valence-corrected chi connectivity index (χ2v) is 5.75. The first kappa shape index (κ1) is 14.9. The van der Waals surface area contributed by atoms with Gasteiger partial charge in [0.05, 0.1) is 18.0 Å². The number of ether oxygens (including phenoxy) is 1. The number of nitrogens with one attached hydrogen (secondary N) is 1. The van der Waals surface area contributed by atoms with E-state index in [1.807, 2.05) is 39.1 Å². The van der Waals surface area contributed by atoms with Crippen LogP contribution >= 0.6 is 15.9 Å². The van der Waals surface area contributed by atoms with Crippen molar-refractivity contribution in [1.29, 1.82) is 0 Å². The summed E-state index contributed by atoms with van der Waals surface area (Å²) in [6.45, 7) is 6.85. The molecule has 0 saturated carbocycles. The summed E-state index contributed by atoms with van der Waals surface area (Å²) in [5, 5.41) is 3.37. The molecular formula is C16H19BrN2O. The second-order valence-electron chi connectivity index (χ2n) is 5.00. The van der Waals surface area contributed by atoms with Gasteiger partial charge in [-0.05, 0) is 66.0 Å². The van der Waals surface area contributed by atoms with Gasteiger partial charge in [-0.1, -0.05) is 12.1 Å². The van der Waals surface area contributed by atoms with Crippen LogP contribution in [0, 0.1) is 6.92 Å². The lowest BCUT2D eigenvalue weighted by Gasteiger charge is -2.11. The molecule has 0 bridgehead atoms. The zero-order valence-electron chi connectivity index (χ0n) is 12.0. The molecule has 3 nitrogen and oxygen atoms in total. The minimum absolute atomic E-state index is 0.204. The van der Waals surface area contributed by atoms with Crippen molar-refractivity contribution in [2.45, 2.75) is 33.4 Å². The van der Waals surface area contributed by atoms with Crippen LogP contribution in [0.1, 0.15) is 25.0 Å². The Balaban J connectivity index is 1.95. The smallest absolute Gasteiger partial charge is 0.119 e. The summed E-state index contributed by atoms with van der Waals surface area (Å²) in [4.78, 5) is 4.27. The third-order valence-electron chi connectivity index (χ3n) is 2.81. The Hall–Kier alpha value is -1.55. The van der Waals surface area contributed by atoms with Crippen molar-refractivity contribution in [2.75, 3.05) is 5.32 Å². The van der Waals surface area contributed by atoms with Crippen LogP contribution in [-0.2, 0) is 6.54 Å². The zero-order chi connectivity index (χ0) is 14.5. The number of pyridine rings is 1. The zero-order valence-corrected chi connectivity index (χ0v) is 13.6. The minimum Gasteiger partial charge on any atom is -0.491 e. The number of hydrogen-bond donors (Lipinski definition) is 1. The van der Waals surface area contributed by atoms with E-state index >= 15 is 0 Å². The van der Waals surface area contributed by atoms with Crippen LogP contribution in [0.15, 0.2) is 41.1 Å². The maximum absolute atomic E-state index is 5.63. The standard InChI is InChI=1S/C16H19BrN2O/c1-11(2)20-15-6-4-13(5-7-15)9-18-14-8-12(3)16(17)19-10-14/h4-8,10-11,18H,9H2,1-3H3. The Morgan fingerprint density at radius 1 is 1.25 bits per heavy atom. The van der Waals surface area contributed by atoms with Gasteiger partial charge in [-0.2, -0.15) is 0 Å². The number of halogens is 1. The molecule has 2 aromatic rings. The summed E-state index contributed by atoms with van der Waals surface area (Å²) in [6, 6.07) is 10.2. The highest BCUT2D eigenvalue weighted by molar-refractivity contribution is 9.10. The Morgan fingerprint density at radius 2 is 1.95 bits per heavy atom. The van der Waals surface area contributed by atoms with Gasteiger partial charge >= 0.3 is 0 Å². The first-order chi connectivity index (χ1) is 9.54. The van der Waals surface area contributed by atoms with Gasteiger partial charge in [0.15, 0.2) is 0 Å². The molecule has 0 aliphatic heterocycles. The average Bonchev–Trinajstić information content (AvgIpc) is 2.41. The van der Waals surface area contributed by atoms with Crippen molar-refractivity contribution in [2.24, 2.45) is 0 Å². The highest BCUT2D eigenvalue weighted by Crippen LogP contribution is 2.18. The Kier molecular flexibility index (Phi) is 5.01. The fourth-order valence-electron chi connectivity index (χ4n) is 1.82. The highest BCUT2D eigenvalue weighted by Gasteiger charge is 2.00. The topological polar surface area (TPSA) is 34.1 Å². The molecule has 0 saturated heterocycles. The molecule has 0 aliphatic carbocycles.